The van der Waals surface area contributed by atoms with Crippen molar-refractivity contribution < 1.29 is 4.74 Å². The van der Waals surface area contributed by atoms with Gasteiger partial charge in [-0.2, -0.15) is 0 Å². The van der Waals surface area contributed by atoms with Crippen LogP contribution in [0.4, 0.5) is 0 Å². The Kier molecular flexibility index (Phi) is 5.28. The average Bonchev–Trinajstić information content (AvgIpc) is 3.10. The molecule has 188 valence electrons. The number of hydrogen-bond donors (Lipinski definition) is 0. The molecular weight excluding hydrogens is 400 g/mol. The lowest BCUT2D eigenvalue weighted by molar-refractivity contribution is -0.199. The molecule has 0 aromatic carbocycles. The molecule has 5 aliphatic carbocycles. The maximum atomic E-state index is 6.09. The molecule has 0 amide bonds. The second-order valence-electron chi connectivity index (χ2n) is 15.4. The number of fused-ring (bicyclic) bond motifs is 7. The summed E-state index contributed by atoms with van der Waals surface area (Å²) in [6.45, 7) is 23.5. The highest BCUT2D eigenvalue weighted by atomic mass is 16.5. The van der Waals surface area contributed by atoms with Gasteiger partial charge in [-0.25, -0.2) is 0 Å². The third-order valence-electron chi connectivity index (χ3n) is 14.6. The van der Waals surface area contributed by atoms with E-state index in [0.29, 0.717) is 33.2 Å². The summed E-state index contributed by atoms with van der Waals surface area (Å²) in [4.78, 5) is 0. The van der Waals surface area contributed by atoms with Crippen molar-refractivity contribution in [2.24, 2.45) is 56.2 Å². The topological polar surface area (TPSA) is 9.23 Å². The predicted molar refractivity (Wildman–Crippen MR) is 140 cm³/mol. The van der Waals surface area contributed by atoms with Crippen LogP contribution >= 0.6 is 0 Å². The summed E-state index contributed by atoms with van der Waals surface area (Å²) in [7, 11) is 1.95. The highest BCUT2D eigenvalue weighted by Crippen LogP contribution is 2.78. The Hall–Kier alpha value is -0.300. The van der Waals surface area contributed by atoms with Crippen molar-refractivity contribution in [2.45, 2.75) is 126 Å². The van der Waals surface area contributed by atoms with Gasteiger partial charge in [0.05, 0.1) is 6.10 Å². The fourth-order valence-electron chi connectivity index (χ4n) is 11.8. The molecule has 0 spiro atoms. The monoisotopic (exact) mass is 454 g/mol. The molecule has 5 rings (SSSR count). The van der Waals surface area contributed by atoms with Gasteiger partial charge in [-0.1, -0.05) is 74.0 Å². The van der Waals surface area contributed by atoms with Crippen LogP contribution in [0, 0.1) is 56.2 Å². The highest BCUT2D eigenvalue weighted by molar-refractivity contribution is 5.35. The largest absolute Gasteiger partial charge is 0.381 e. The Bertz CT molecular complexity index is 837. The fraction of sp³-hybridized carbons (Fsp3) is 0.938. The first kappa shape index (κ1) is 24.4. The van der Waals surface area contributed by atoms with Gasteiger partial charge in [0, 0.05) is 7.11 Å². The zero-order valence-electron chi connectivity index (χ0n) is 23.7. The zero-order valence-corrected chi connectivity index (χ0v) is 23.7. The molecule has 9 atom stereocenters. The van der Waals surface area contributed by atoms with Crippen molar-refractivity contribution in [1.29, 1.82) is 0 Å². The zero-order chi connectivity index (χ0) is 24.2. The van der Waals surface area contributed by atoms with Crippen LogP contribution in [-0.4, -0.2) is 13.2 Å². The maximum Gasteiger partial charge on any atom is 0.0628 e. The van der Waals surface area contributed by atoms with Crippen LogP contribution in [0.25, 0.3) is 0 Å². The van der Waals surface area contributed by atoms with E-state index in [1.54, 1.807) is 0 Å². The molecule has 0 aliphatic heterocycles. The third-order valence-corrected chi connectivity index (χ3v) is 14.6. The minimum Gasteiger partial charge on any atom is -0.381 e. The lowest BCUT2D eigenvalue weighted by Gasteiger charge is -2.72. The lowest BCUT2D eigenvalue weighted by atomic mass is 9.33. The number of methoxy groups -OCH3 is 1. The van der Waals surface area contributed by atoms with Crippen molar-refractivity contribution in [3.05, 3.63) is 11.6 Å². The highest BCUT2D eigenvalue weighted by Gasteiger charge is 2.70. The summed E-state index contributed by atoms with van der Waals surface area (Å²) in [5.41, 5.74) is 4.19. The summed E-state index contributed by atoms with van der Waals surface area (Å²) in [6, 6.07) is 0. The molecule has 4 saturated carbocycles. The van der Waals surface area contributed by atoms with Gasteiger partial charge in [-0.15, -0.1) is 0 Å². The van der Waals surface area contributed by atoms with Gasteiger partial charge in [0.15, 0.2) is 0 Å². The Morgan fingerprint density at radius 3 is 2.15 bits per heavy atom. The molecule has 1 heteroatoms. The van der Waals surface area contributed by atoms with E-state index in [9.17, 15) is 0 Å². The van der Waals surface area contributed by atoms with Crippen LogP contribution in [0.15, 0.2) is 11.6 Å². The van der Waals surface area contributed by atoms with Crippen molar-refractivity contribution in [1.82, 2.24) is 0 Å². The SMILES string of the molecule is CO[C@H]1CC[C@@]2(C)C3=CC[C@@]4(C)[C@@H]5CC[C@H](C(C)C)[C@@]5(C)CC[C@]4(C)[C@H]3CC[C@]2(C)C1(C)C. The summed E-state index contributed by atoms with van der Waals surface area (Å²) < 4.78 is 6.09. The molecule has 0 radical (unpaired) electrons. The second-order valence-corrected chi connectivity index (χ2v) is 15.4. The van der Waals surface area contributed by atoms with E-state index in [-0.39, 0.29) is 5.41 Å². The number of ether oxygens (including phenoxy) is 1. The van der Waals surface area contributed by atoms with Crippen molar-refractivity contribution in [3.8, 4) is 0 Å². The molecular formula is C32H54O. The first-order valence-electron chi connectivity index (χ1n) is 14.5. The van der Waals surface area contributed by atoms with Crippen LogP contribution in [0.1, 0.15) is 120 Å². The molecule has 0 unspecified atom stereocenters. The molecule has 33 heavy (non-hydrogen) atoms. The van der Waals surface area contributed by atoms with Gasteiger partial charge in [0.1, 0.15) is 0 Å². The van der Waals surface area contributed by atoms with Gasteiger partial charge in [-0.05, 0) is 114 Å². The molecule has 1 nitrogen and oxygen atoms in total. The normalized spacial score (nSPS) is 55.3. The Balaban J connectivity index is 1.57. The van der Waals surface area contributed by atoms with Crippen LogP contribution in [-0.2, 0) is 4.74 Å². The van der Waals surface area contributed by atoms with Crippen molar-refractivity contribution >= 4 is 0 Å². The van der Waals surface area contributed by atoms with Gasteiger partial charge < -0.3 is 4.74 Å². The first-order valence-corrected chi connectivity index (χ1v) is 14.5. The van der Waals surface area contributed by atoms with Gasteiger partial charge >= 0.3 is 0 Å². The molecule has 0 saturated heterocycles. The third kappa shape index (κ3) is 2.65. The van der Waals surface area contributed by atoms with E-state index in [2.05, 4.69) is 68.4 Å². The molecule has 0 heterocycles. The van der Waals surface area contributed by atoms with Crippen LogP contribution in [0.2, 0.25) is 0 Å². The molecule has 4 fully saturated rings. The van der Waals surface area contributed by atoms with Crippen LogP contribution < -0.4 is 0 Å². The van der Waals surface area contributed by atoms with Gasteiger partial charge in [-0.3, -0.25) is 0 Å². The van der Waals surface area contributed by atoms with E-state index >= 15 is 0 Å². The van der Waals surface area contributed by atoms with Crippen LogP contribution in [0.5, 0.6) is 0 Å². The van der Waals surface area contributed by atoms with Gasteiger partial charge in [0.25, 0.3) is 0 Å². The first-order chi connectivity index (χ1) is 15.2. The smallest absolute Gasteiger partial charge is 0.0628 e. The Morgan fingerprint density at radius 2 is 1.52 bits per heavy atom. The van der Waals surface area contributed by atoms with E-state index in [4.69, 9.17) is 4.74 Å². The summed E-state index contributed by atoms with van der Waals surface area (Å²) >= 11 is 0. The number of hydrogen-bond acceptors (Lipinski definition) is 1. The minimum atomic E-state index is 0.212. The molecule has 0 aromatic heterocycles. The van der Waals surface area contributed by atoms with Gasteiger partial charge in [0.2, 0.25) is 0 Å². The van der Waals surface area contributed by atoms with Crippen LogP contribution in [0.3, 0.4) is 0 Å². The molecule has 0 bridgehead atoms. The van der Waals surface area contributed by atoms with E-state index in [0.717, 1.165) is 23.7 Å². The fourth-order valence-corrected chi connectivity index (χ4v) is 11.8. The Morgan fingerprint density at radius 1 is 0.818 bits per heavy atom. The van der Waals surface area contributed by atoms with E-state index in [1.807, 2.05) is 12.7 Å². The Labute approximate surface area is 205 Å². The van der Waals surface area contributed by atoms with Crippen molar-refractivity contribution in [3.63, 3.8) is 0 Å². The quantitative estimate of drug-likeness (QED) is 0.378. The average molecular weight is 455 g/mol. The standard InChI is InChI=1S/C32H54O/c1-21(2)22-11-12-25-28(22,5)19-20-29(6)23-14-18-32(9)27(3,4)26(33-10)15-17-30(32,7)24(23)13-16-31(25,29)8/h13,21-23,25-26H,11-12,14-20H2,1-10H3/t22-,23+,25-,26+,28-,29-,30+,31+,32-/m1/s1. The number of rotatable bonds is 2. The second kappa shape index (κ2) is 7.14. The summed E-state index contributed by atoms with van der Waals surface area (Å²) in [6.07, 6.45) is 15.6. The molecule has 0 N–H and O–H groups in total. The summed E-state index contributed by atoms with van der Waals surface area (Å²) in [5, 5.41) is 0. The molecule has 0 aromatic rings. The predicted octanol–water partition coefficient (Wildman–Crippen LogP) is 9.07. The summed E-state index contributed by atoms with van der Waals surface area (Å²) in [5.74, 6) is 3.43. The lowest BCUT2D eigenvalue weighted by Crippen LogP contribution is -2.65. The number of allylic oxidation sites excluding steroid dienone is 2. The maximum absolute atomic E-state index is 6.09. The van der Waals surface area contributed by atoms with E-state index in [1.165, 1.54) is 57.8 Å². The van der Waals surface area contributed by atoms with E-state index < -0.39 is 0 Å². The van der Waals surface area contributed by atoms with Crippen molar-refractivity contribution in [2.75, 3.05) is 7.11 Å². The minimum absolute atomic E-state index is 0.212. The molecule has 5 aliphatic rings.